The van der Waals surface area contributed by atoms with Gasteiger partial charge in [0.25, 0.3) is 0 Å². The maximum atomic E-state index is 2.60. The fourth-order valence-electron chi connectivity index (χ4n) is 11.0. The number of anilines is 3. The molecule has 2 aliphatic rings. The number of fused-ring (bicyclic) bond motifs is 10. The Hall–Kier alpha value is -7.16. The van der Waals surface area contributed by atoms with Gasteiger partial charge in [-0.15, -0.1) is 0 Å². The van der Waals surface area contributed by atoms with Crippen LogP contribution in [-0.4, -0.2) is 4.57 Å². The predicted molar refractivity (Wildman–Crippen MR) is 254 cm³/mol. The minimum atomic E-state index is -0.136. The average molecular weight is 769 g/mol. The number of aromatic nitrogens is 1. The lowest BCUT2D eigenvalue weighted by molar-refractivity contribution is 0.660. The Morgan fingerprint density at radius 3 is 1.32 bits per heavy atom. The van der Waals surface area contributed by atoms with Crippen molar-refractivity contribution in [1.82, 2.24) is 4.57 Å². The molecule has 0 N–H and O–H groups in total. The molecule has 0 unspecified atom stereocenters. The highest BCUT2D eigenvalue weighted by Crippen LogP contribution is 2.58. The van der Waals surface area contributed by atoms with Crippen LogP contribution >= 0.6 is 0 Å². The summed E-state index contributed by atoms with van der Waals surface area (Å²) >= 11 is 0. The van der Waals surface area contributed by atoms with Crippen LogP contribution in [0, 0.1) is 0 Å². The molecule has 0 saturated heterocycles. The van der Waals surface area contributed by atoms with E-state index in [-0.39, 0.29) is 10.8 Å². The standard InChI is InChI=1S/C58H44N2/c1-57(2)45-26-12-7-24-43(45)55-47(57)28-17-33-53(55)60(54-34-18-29-48-56(54)44-25-8-13-27-46(44)58(48,3)4)52-36-35-38(37-19-5-6-20-39(37)52)40-21-9-14-30-49(40)59-50-31-15-10-22-41(50)42-23-11-16-32-51(42)59/h5-36H,1-4H3. The van der Waals surface area contributed by atoms with Crippen molar-refractivity contribution in [2.24, 2.45) is 0 Å². The molecule has 0 bridgehead atoms. The van der Waals surface area contributed by atoms with E-state index in [1.807, 2.05) is 0 Å². The van der Waals surface area contributed by atoms with E-state index in [2.05, 4.69) is 231 Å². The summed E-state index contributed by atoms with van der Waals surface area (Å²) in [5.41, 5.74) is 20.0. The largest absolute Gasteiger partial charge is 0.309 e. The molecule has 12 rings (SSSR count). The second-order valence-electron chi connectivity index (χ2n) is 17.6. The number of para-hydroxylation sites is 3. The number of hydrogen-bond donors (Lipinski definition) is 0. The van der Waals surface area contributed by atoms with E-state index in [1.54, 1.807) is 0 Å². The lowest BCUT2D eigenvalue weighted by Gasteiger charge is -2.32. The number of benzene rings is 9. The van der Waals surface area contributed by atoms with E-state index in [9.17, 15) is 0 Å². The van der Waals surface area contributed by atoms with Gasteiger partial charge in [0, 0.05) is 43.7 Å². The Morgan fingerprint density at radius 1 is 0.317 bits per heavy atom. The van der Waals surface area contributed by atoms with Crippen molar-refractivity contribution in [3.63, 3.8) is 0 Å². The lowest BCUT2D eigenvalue weighted by Crippen LogP contribution is -2.17. The highest BCUT2D eigenvalue weighted by molar-refractivity contribution is 6.12. The van der Waals surface area contributed by atoms with E-state index in [0.29, 0.717) is 0 Å². The fourth-order valence-corrected chi connectivity index (χ4v) is 11.0. The monoisotopic (exact) mass is 768 g/mol. The van der Waals surface area contributed by atoms with Crippen molar-refractivity contribution in [3.8, 4) is 39.1 Å². The van der Waals surface area contributed by atoms with Gasteiger partial charge in [-0.1, -0.05) is 185 Å². The molecule has 1 heterocycles. The maximum Gasteiger partial charge on any atom is 0.0543 e. The van der Waals surface area contributed by atoms with E-state index in [4.69, 9.17) is 0 Å². The second kappa shape index (κ2) is 12.7. The molecule has 0 aliphatic heterocycles. The van der Waals surface area contributed by atoms with Crippen LogP contribution in [0.2, 0.25) is 0 Å². The summed E-state index contributed by atoms with van der Waals surface area (Å²) < 4.78 is 2.45. The molecule has 0 spiro atoms. The first-order chi connectivity index (χ1) is 29.3. The van der Waals surface area contributed by atoms with Crippen molar-refractivity contribution in [3.05, 3.63) is 216 Å². The Bertz CT molecular complexity index is 3230. The van der Waals surface area contributed by atoms with Crippen molar-refractivity contribution in [2.45, 2.75) is 38.5 Å². The summed E-state index contributed by atoms with van der Waals surface area (Å²) in [5, 5.41) is 4.95. The van der Waals surface area contributed by atoms with Gasteiger partial charge in [0.2, 0.25) is 0 Å². The van der Waals surface area contributed by atoms with E-state index < -0.39 is 0 Å². The number of hydrogen-bond acceptors (Lipinski definition) is 1. The molecule has 0 radical (unpaired) electrons. The second-order valence-corrected chi connectivity index (χ2v) is 17.6. The molecule has 0 amide bonds. The molecule has 10 aromatic rings. The van der Waals surface area contributed by atoms with Crippen LogP contribution in [0.4, 0.5) is 17.1 Å². The summed E-state index contributed by atoms with van der Waals surface area (Å²) in [4.78, 5) is 2.60. The van der Waals surface area contributed by atoms with Crippen LogP contribution in [0.5, 0.6) is 0 Å². The van der Waals surface area contributed by atoms with Crippen LogP contribution in [0.25, 0.3) is 71.6 Å². The average Bonchev–Trinajstić information content (AvgIpc) is 3.84. The molecule has 2 heteroatoms. The first-order valence-electron chi connectivity index (χ1n) is 21.2. The van der Waals surface area contributed by atoms with Crippen molar-refractivity contribution >= 4 is 49.6 Å². The van der Waals surface area contributed by atoms with E-state index in [1.165, 1.54) is 105 Å². The Balaban J connectivity index is 1.15. The summed E-state index contributed by atoms with van der Waals surface area (Å²) in [6.45, 7) is 9.51. The molecule has 9 aromatic carbocycles. The van der Waals surface area contributed by atoms with Gasteiger partial charge in [-0.3, -0.25) is 0 Å². The zero-order valence-corrected chi connectivity index (χ0v) is 34.4. The third kappa shape index (κ3) is 4.70. The molecule has 286 valence electrons. The van der Waals surface area contributed by atoms with Gasteiger partial charge in [0.15, 0.2) is 0 Å². The third-order valence-corrected chi connectivity index (χ3v) is 13.8. The molecular formula is C58H44N2. The zero-order valence-electron chi connectivity index (χ0n) is 34.4. The molecule has 60 heavy (non-hydrogen) atoms. The molecular weight excluding hydrogens is 725 g/mol. The molecule has 0 atom stereocenters. The molecule has 1 aromatic heterocycles. The highest BCUT2D eigenvalue weighted by atomic mass is 15.2. The fraction of sp³-hybridized carbons (Fsp3) is 0.103. The molecule has 2 aliphatic carbocycles. The van der Waals surface area contributed by atoms with E-state index >= 15 is 0 Å². The van der Waals surface area contributed by atoms with Crippen LogP contribution in [0.15, 0.2) is 194 Å². The van der Waals surface area contributed by atoms with E-state index in [0.717, 1.165) is 5.69 Å². The maximum absolute atomic E-state index is 2.60. The van der Waals surface area contributed by atoms with Crippen LogP contribution in [0.1, 0.15) is 49.9 Å². The number of nitrogens with zero attached hydrogens (tertiary/aromatic N) is 2. The van der Waals surface area contributed by atoms with Gasteiger partial charge in [-0.25, -0.2) is 0 Å². The quantitative estimate of drug-likeness (QED) is 0.169. The topological polar surface area (TPSA) is 8.17 Å². The zero-order chi connectivity index (χ0) is 40.3. The SMILES string of the molecule is CC1(C)c2ccccc2-c2c(N(c3cccc4c3-c3ccccc3C4(C)C)c3ccc(-c4ccccc4-n4c5ccccc5c5ccccc54)c4ccccc34)cccc21. The summed E-state index contributed by atoms with van der Waals surface area (Å²) in [7, 11) is 0. The van der Waals surface area contributed by atoms with Crippen molar-refractivity contribution < 1.29 is 0 Å². The predicted octanol–water partition coefficient (Wildman–Crippen LogP) is 15.7. The summed E-state index contributed by atoms with van der Waals surface area (Å²) in [6, 6.07) is 72.3. The first-order valence-corrected chi connectivity index (χ1v) is 21.2. The summed E-state index contributed by atoms with van der Waals surface area (Å²) in [6.07, 6.45) is 0. The normalized spacial score (nSPS) is 14.3. The van der Waals surface area contributed by atoms with Gasteiger partial charge in [-0.05, 0) is 80.7 Å². The first kappa shape index (κ1) is 34.8. The minimum Gasteiger partial charge on any atom is -0.309 e. The van der Waals surface area contributed by atoms with Gasteiger partial charge >= 0.3 is 0 Å². The summed E-state index contributed by atoms with van der Waals surface area (Å²) in [5.74, 6) is 0. The van der Waals surface area contributed by atoms with Gasteiger partial charge in [0.1, 0.15) is 0 Å². The smallest absolute Gasteiger partial charge is 0.0543 e. The van der Waals surface area contributed by atoms with Gasteiger partial charge < -0.3 is 9.47 Å². The van der Waals surface area contributed by atoms with Gasteiger partial charge in [0.05, 0.1) is 33.8 Å². The molecule has 0 saturated carbocycles. The molecule has 0 fully saturated rings. The van der Waals surface area contributed by atoms with Crippen LogP contribution < -0.4 is 4.90 Å². The van der Waals surface area contributed by atoms with Crippen LogP contribution in [0.3, 0.4) is 0 Å². The Morgan fingerprint density at radius 2 is 0.750 bits per heavy atom. The minimum absolute atomic E-state index is 0.136. The Labute approximate surface area is 351 Å². The van der Waals surface area contributed by atoms with Crippen molar-refractivity contribution in [2.75, 3.05) is 4.90 Å². The van der Waals surface area contributed by atoms with Gasteiger partial charge in [-0.2, -0.15) is 0 Å². The molecule has 2 nitrogen and oxygen atoms in total. The number of rotatable bonds is 5. The highest BCUT2D eigenvalue weighted by Gasteiger charge is 2.41. The van der Waals surface area contributed by atoms with Crippen LogP contribution in [-0.2, 0) is 10.8 Å². The Kier molecular flexibility index (Phi) is 7.36. The third-order valence-electron chi connectivity index (χ3n) is 13.8. The lowest BCUT2D eigenvalue weighted by atomic mass is 9.82. The van der Waals surface area contributed by atoms with Crippen molar-refractivity contribution in [1.29, 1.82) is 0 Å².